The van der Waals surface area contributed by atoms with Gasteiger partial charge in [-0.1, -0.05) is 30.3 Å². The number of hydrogen-bond donors (Lipinski definition) is 2. The number of aliphatic hydroxyl groups is 1. The molecule has 0 spiro atoms. The molecule has 1 aliphatic heterocycles. The van der Waals surface area contributed by atoms with Crippen LogP contribution in [-0.2, 0) is 16.7 Å². The van der Waals surface area contributed by atoms with Crippen molar-refractivity contribution in [3.8, 4) is 0 Å². The second kappa shape index (κ2) is 9.94. The van der Waals surface area contributed by atoms with Crippen LogP contribution in [-0.4, -0.2) is 70.7 Å². The van der Waals surface area contributed by atoms with E-state index in [9.17, 15) is 9.90 Å². The molecule has 4 rings (SSSR count). The van der Waals surface area contributed by atoms with Crippen LogP contribution in [0.5, 0.6) is 0 Å². The molecule has 31 heavy (non-hydrogen) atoms. The molecule has 1 saturated heterocycles. The lowest BCUT2D eigenvalue weighted by Gasteiger charge is -2.37. The molecule has 2 N–H and O–H groups in total. The van der Waals surface area contributed by atoms with Crippen LogP contribution in [0.15, 0.2) is 42.7 Å². The van der Waals surface area contributed by atoms with Gasteiger partial charge in [-0.2, -0.15) is 5.10 Å². The summed E-state index contributed by atoms with van der Waals surface area (Å²) in [5.74, 6) is -0.0930. The van der Waals surface area contributed by atoms with Crippen LogP contribution in [0.4, 0.5) is 0 Å². The van der Waals surface area contributed by atoms with Crippen molar-refractivity contribution in [3.05, 3.63) is 53.9 Å². The number of nitrogens with one attached hydrogen (secondary N) is 1. The normalized spacial score (nSPS) is 27.5. The molecule has 2 aromatic rings. The van der Waals surface area contributed by atoms with Crippen molar-refractivity contribution in [2.24, 2.45) is 0 Å². The summed E-state index contributed by atoms with van der Waals surface area (Å²) in [6, 6.07) is 10.6. The van der Waals surface area contributed by atoms with Gasteiger partial charge < -0.3 is 15.2 Å². The number of carbonyl (C=O) groups excluding carboxylic acids is 1. The highest BCUT2D eigenvalue weighted by molar-refractivity contribution is 5.93. The third-order valence-corrected chi connectivity index (χ3v) is 6.99. The predicted octanol–water partition coefficient (Wildman–Crippen LogP) is 2.21. The van der Waals surface area contributed by atoms with Gasteiger partial charge in [-0.15, -0.1) is 0 Å². The molecule has 0 unspecified atom stereocenters. The third-order valence-electron chi connectivity index (χ3n) is 6.99. The predicted molar refractivity (Wildman–Crippen MR) is 119 cm³/mol. The van der Waals surface area contributed by atoms with E-state index in [-0.39, 0.29) is 23.5 Å². The van der Waals surface area contributed by atoms with Gasteiger partial charge in [0.05, 0.1) is 31.1 Å². The van der Waals surface area contributed by atoms with E-state index >= 15 is 0 Å². The Morgan fingerprint density at radius 1 is 1.23 bits per heavy atom. The van der Waals surface area contributed by atoms with Crippen LogP contribution < -0.4 is 5.32 Å². The minimum absolute atomic E-state index is 0.0930. The van der Waals surface area contributed by atoms with Crippen LogP contribution in [0.2, 0.25) is 0 Å². The first kappa shape index (κ1) is 22.0. The molecular formula is C24H34N4O3. The van der Waals surface area contributed by atoms with Crippen LogP contribution in [0.3, 0.4) is 0 Å². The zero-order valence-electron chi connectivity index (χ0n) is 18.4. The van der Waals surface area contributed by atoms with Gasteiger partial charge in [-0.05, 0) is 38.2 Å². The lowest BCUT2D eigenvalue weighted by Crippen LogP contribution is -2.48. The lowest BCUT2D eigenvalue weighted by molar-refractivity contribution is -0.0236. The summed E-state index contributed by atoms with van der Waals surface area (Å²) < 4.78 is 7.27. The van der Waals surface area contributed by atoms with Gasteiger partial charge in [0.25, 0.3) is 5.91 Å². The number of carbonyl (C=O) groups is 1. The first-order valence-electron chi connectivity index (χ1n) is 11.5. The first-order chi connectivity index (χ1) is 15.1. The average molecular weight is 427 g/mol. The fraction of sp³-hybridized carbons (Fsp3) is 0.583. The monoisotopic (exact) mass is 426 g/mol. The molecule has 1 aliphatic carbocycles. The van der Waals surface area contributed by atoms with E-state index in [1.165, 1.54) is 5.56 Å². The van der Waals surface area contributed by atoms with Gasteiger partial charge in [0.1, 0.15) is 0 Å². The van der Waals surface area contributed by atoms with E-state index < -0.39 is 0 Å². The Kier molecular flexibility index (Phi) is 7.05. The van der Waals surface area contributed by atoms with Crippen molar-refractivity contribution >= 4 is 5.91 Å². The maximum atomic E-state index is 12.8. The standard InChI is InChI=1S/C24H34N4O3/c1-2-28-17-19(16-26-28)23(30)25-18-24(20-6-4-3-5-7-20)10-8-21(22(29)9-11-24)27-12-14-31-15-13-27/h3-7,16-17,21-22,29H,2,8-15,18H2,1H3,(H,25,30)/t21-,22-,24-/m1/s1. The molecule has 2 heterocycles. The third kappa shape index (κ3) is 5.00. The Labute approximate surface area is 184 Å². The number of hydrogen-bond acceptors (Lipinski definition) is 5. The van der Waals surface area contributed by atoms with Crippen molar-refractivity contribution in [1.82, 2.24) is 20.0 Å². The molecule has 0 bridgehead atoms. The summed E-state index contributed by atoms with van der Waals surface area (Å²) in [7, 11) is 0. The fourth-order valence-corrected chi connectivity index (χ4v) is 5.06. The summed E-state index contributed by atoms with van der Waals surface area (Å²) in [6.07, 6.45) is 6.44. The van der Waals surface area contributed by atoms with Gasteiger partial charge >= 0.3 is 0 Å². The number of aliphatic hydroxyl groups excluding tert-OH is 1. The van der Waals surface area contributed by atoms with Gasteiger partial charge in [0, 0.05) is 43.8 Å². The maximum Gasteiger partial charge on any atom is 0.254 e. The van der Waals surface area contributed by atoms with Gasteiger partial charge in [-0.3, -0.25) is 14.4 Å². The van der Waals surface area contributed by atoms with E-state index in [4.69, 9.17) is 4.74 Å². The van der Waals surface area contributed by atoms with E-state index in [0.717, 1.165) is 58.5 Å². The Morgan fingerprint density at radius 3 is 2.68 bits per heavy atom. The molecule has 1 amide bonds. The van der Waals surface area contributed by atoms with Crippen LogP contribution in [0.1, 0.15) is 48.5 Å². The zero-order valence-corrected chi connectivity index (χ0v) is 18.4. The summed E-state index contributed by atoms with van der Waals surface area (Å²) in [5, 5.41) is 18.4. The molecule has 1 aromatic heterocycles. The SMILES string of the molecule is CCn1cc(C(=O)NC[C@]2(c3ccccc3)CC[C@@H](O)[C@H](N3CCOCC3)CC2)cn1. The lowest BCUT2D eigenvalue weighted by atomic mass is 9.74. The number of ether oxygens (including phenoxy) is 1. The zero-order chi connectivity index (χ0) is 21.7. The average Bonchev–Trinajstić information content (AvgIpc) is 3.24. The molecule has 2 aliphatic rings. The molecular weight excluding hydrogens is 392 g/mol. The van der Waals surface area contributed by atoms with Crippen molar-refractivity contribution in [2.75, 3.05) is 32.8 Å². The molecule has 168 valence electrons. The highest BCUT2D eigenvalue weighted by atomic mass is 16.5. The molecule has 7 nitrogen and oxygen atoms in total. The molecule has 0 radical (unpaired) electrons. The Bertz CT molecular complexity index is 850. The van der Waals surface area contributed by atoms with Crippen molar-refractivity contribution in [1.29, 1.82) is 0 Å². The molecule has 2 fully saturated rings. The number of aromatic nitrogens is 2. The topological polar surface area (TPSA) is 79.6 Å². The number of amides is 1. The summed E-state index contributed by atoms with van der Waals surface area (Å²) >= 11 is 0. The highest BCUT2D eigenvalue weighted by Crippen LogP contribution is 2.39. The summed E-state index contributed by atoms with van der Waals surface area (Å²) in [6.45, 7) is 6.50. The van der Waals surface area contributed by atoms with Gasteiger partial charge in [-0.25, -0.2) is 0 Å². The molecule has 1 aromatic carbocycles. The quantitative estimate of drug-likeness (QED) is 0.693. The second-order valence-electron chi connectivity index (χ2n) is 8.77. The Balaban J connectivity index is 1.52. The molecule has 3 atom stereocenters. The van der Waals surface area contributed by atoms with Gasteiger partial charge in [0.2, 0.25) is 0 Å². The molecule has 7 heteroatoms. The fourth-order valence-electron chi connectivity index (χ4n) is 5.06. The Morgan fingerprint density at radius 2 is 1.97 bits per heavy atom. The molecule has 1 saturated carbocycles. The van der Waals surface area contributed by atoms with E-state index in [0.29, 0.717) is 12.1 Å². The van der Waals surface area contributed by atoms with E-state index in [1.807, 2.05) is 13.0 Å². The first-order valence-corrected chi connectivity index (χ1v) is 11.5. The smallest absolute Gasteiger partial charge is 0.254 e. The number of morpholine rings is 1. The number of nitrogens with zero attached hydrogens (tertiary/aromatic N) is 3. The summed E-state index contributed by atoms with van der Waals surface area (Å²) in [5.41, 5.74) is 1.62. The van der Waals surface area contributed by atoms with Crippen LogP contribution in [0.25, 0.3) is 0 Å². The van der Waals surface area contributed by atoms with E-state index in [1.54, 1.807) is 17.1 Å². The minimum Gasteiger partial charge on any atom is -0.391 e. The number of aryl methyl sites for hydroxylation is 1. The highest BCUT2D eigenvalue weighted by Gasteiger charge is 2.40. The minimum atomic E-state index is -0.359. The van der Waals surface area contributed by atoms with Crippen molar-refractivity contribution in [2.45, 2.75) is 56.7 Å². The van der Waals surface area contributed by atoms with Crippen molar-refractivity contribution in [3.63, 3.8) is 0 Å². The number of rotatable bonds is 6. The van der Waals surface area contributed by atoms with Gasteiger partial charge in [0.15, 0.2) is 0 Å². The van der Waals surface area contributed by atoms with E-state index in [2.05, 4.69) is 39.6 Å². The summed E-state index contributed by atoms with van der Waals surface area (Å²) in [4.78, 5) is 15.2. The van der Waals surface area contributed by atoms with Crippen LogP contribution in [0, 0.1) is 0 Å². The van der Waals surface area contributed by atoms with Crippen LogP contribution >= 0.6 is 0 Å². The van der Waals surface area contributed by atoms with Crippen molar-refractivity contribution < 1.29 is 14.6 Å². The maximum absolute atomic E-state index is 12.8. The second-order valence-corrected chi connectivity index (χ2v) is 8.77. The largest absolute Gasteiger partial charge is 0.391 e. The Hall–Kier alpha value is -2.22. The number of benzene rings is 1.